The minimum atomic E-state index is -4.47. The Balaban J connectivity index is 2.22. The van der Waals surface area contributed by atoms with Crippen LogP contribution in [0.4, 0.5) is 18.9 Å². The Morgan fingerprint density at radius 3 is 2.60 bits per heavy atom. The molecule has 1 heterocycles. The second-order valence-electron chi connectivity index (χ2n) is 4.51. The number of anilines is 1. The number of aromatic nitrogens is 2. The predicted octanol–water partition coefficient (Wildman–Crippen LogP) is 4.27. The predicted molar refractivity (Wildman–Crippen MR) is 71.7 cm³/mol. The van der Waals surface area contributed by atoms with Gasteiger partial charge in [0, 0.05) is 24.5 Å². The highest BCUT2D eigenvalue weighted by atomic mass is 35.5. The van der Waals surface area contributed by atoms with Crippen molar-refractivity contribution in [2.24, 2.45) is 7.05 Å². The van der Waals surface area contributed by atoms with Crippen molar-refractivity contribution in [1.82, 2.24) is 9.78 Å². The zero-order valence-corrected chi connectivity index (χ0v) is 11.6. The average molecular weight is 304 g/mol. The lowest BCUT2D eigenvalue weighted by atomic mass is 10.1. The van der Waals surface area contributed by atoms with Crippen molar-refractivity contribution < 1.29 is 13.2 Å². The fourth-order valence-corrected chi connectivity index (χ4v) is 2.05. The van der Waals surface area contributed by atoms with E-state index in [2.05, 4.69) is 10.4 Å². The third-order valence-electron chi connectivity index (χ3n) is 2.88. The molecule has 0 fully saturated rings. The van der Waals surface area contributed by atoms with Crippen molar-refractivity contribution in [3.05, 3.63) is 46.7 Å². The summed E-state index contributed by atoms with van der Waals surface area (Å²) >= 11 is 5.58. The molecule has 1 unspecified atom stereocenters. The van der Waals surface area contributed by atoms with Crippen LogP contribution < -0.4 is 5.32 Å². The maximum atomic E-state index is 12.8. The van der Waals surface area contributed by atoms with Crippen LogP contribution in [0.3, 0.4) is 0 Å². The summed E-state index contributed by atoms with van der Waals surface area (Å²) in [6.45, 7) is 1.85. The number of aryl methyl sites for hydroxylation is 1. The zero-order valence-electron chi connectivity index (χ0n) is 10.9. The van der Waals surface area contributed by atoms with Crippen LogP contribution >= 0.6 is 11.6 Å². The maximum Gasteiger partial charge on any atom is 0.417 e. The van der Waals surface area contributed by atoms with Gasteiger partial charge in [-0.3, -0.25) is 4.68 Å². The third kappa shape index (κ3) is 3.25. The minimum Gasteiger partial charge on any atom is -0.378 e. The van der Waals surface area contributed by atoms with Crippen LogP contribution in [0, 0.1) is 0 Å². The van der Waals surface area contributed by atoms with Crippen molar-refractivity contribution in [3.8, 4) is 0 Å². The minimum absolute atomic E-state index is 0.161. The summed E-state index contributed by atoms with van der Waals surface area (Å²) in [6, 6.07) is 3.61. The molecule has 2 aromatic rings. The summed E-state index contributed by atoms with van der Waals surface area (Å²) in [7, 11) is 1.78. The van der Waals surface area contributed by atoms with Gasteiger partial charge in [0.1, 0.15) is 0 Å². The molecule has 0 saturated carbocycles. The van der Waals surface area contributed by atoms with E-state index in [0.29, 0.717) is 5.69 Å². The van der Waals surface area contributed by atoms with E-state index in [1.54, 1.807) is 24.1 Å². The molecule has 108 valence electrons. The standard InChI is InChI=1S/C13H13ClF3N3/c1-8(9-6-18-20(2)7-9)19-10-3-4-12(14)11(5-10)13(15,16)17/h3-8,19H,1-2H3. The van der Waals surface area contributed by atoms with Crippen LogP contribution in [-0.2, 0) is 13.2 Å². The highest BCUT2D eigenvalue weighted by Crippen LogP contribution is 2.36. The molecule has 3 nitrogen and oxygen atoms in total. The molecular formula is C13H13ClF3N3. The lowest BCUT2D eigenvalue weighted by Crippen LogP contribution is -2.09. The van der Waals surface area contributed by atoms with E-state index in [0.717, 1.165) is 11.6 Å². The Labute approximate surface area is 119 Å². The molecule has 2 rings (SSSR count). The van der Waals surface area contributed by atoms with Gasteiger partial charge in [-0.05, 0) is 25.1 Å². The maximum absolute atomic E-state index is 12.8. The van der Waals surface area contributed by atoms with Gasteiger partial charge in [0.2, 0.25) is 0 Å². The Bertz CT molecular complexity index is 607. The van der Waals surface area contributed by atoms with Gasteiger partial charge in [0.25, 0.3) is 0 Å². The van der Waals surface area contributed by atoms with Gasteiger partial charge in [-0.15, -0.1) is 0 Å². The molecule has 0 bridgehead atoms. The van der Waals surface area contributed by atoms with Gasteiger partial charge in [-0.2, -0.15) is 18.3 Å². The van der Waals surface area contributed by atoms with E-state index >= 15 is 0 Å². The first-order valence-electron chi connectivity index (χ1n) is 5.89. The number of nitrogens with zero attached hydrogens (tertiary/aromatic N) is 2. The normalized spacial score (nSPS) is 13.3. The van der Waals surface area contributed by atoms with Crippen molar-refractivity contribution in [1.29, 1.82) is 0 Å². The molecule has 1 aromatic heterocycles. The summed E-state index contributed by atoms with van der Waals surface area (Å²) in [5.74, 6) is 0. The molecule has 20 heavy (non-hydrogen) atoms. The molecule has 7 heteroatoms. The van der Waals surface area contributed by atoms with E-state index in [1.807, 2.05) is 6.92 Å². The quantitative estimate of drug-likeness (QED) is 0.918. The molecule has 0 aliphatic rings. The van der Waals surface area contributed by atoms with Crippen molar-refractivity contribution in [2.75, 3.05) is 5.32 Å². The highest BCUT2D eigenvalue weighted by Gasteiger charge is 2.33. The van der Waals surface area contributed by atoms with Crippen LogP contribution in [-0.4, -0.2) is 9.78 Å². The van der Waals surface area contributed by atoms with E-state index in [4.69, 9.17) is 11.6 Å². The van der Waals surface area contributed by atoms with Crippen LogP contribution in [0.15, 0.2) is 30.6 Å². The smallest absolute Gasteiger partial charge is 0.378 e. The second-order valence-corrected chi connectivity index (χ2v) is 4.91. The topological polar surface area (TPSA) is 29.9 Å². The monoisotopic (exact) mass is 303 g/mol. The van der Waals surface area contributed by atoms with Crippen molar-refractivity contribution in [2.45, 2.75) is 19.1 Å². The summed E-state index contributed by atoms with van der Waals surface area (Å²) in [6.07, 6.45) is -0.997. The molecule has 1 atom stereocenters. The van der Waals surface area contributed by atoms with Gasteiger partial charge >= 0.3 is 6.18 Å². The molecule has 1 N–H and O–H groups in total. The van der Waals surface area contributed by atoms with E-state index in [9.17, 15) is 13.2 Å². The number of nitrogens with one attached hydrogen (secondary N) is 1. The molecule has 0 amide bonds. The first-order chi connectivity index (χ1) is 9.27. The van der Waals surface area contributed by atoms with Gasteiger partial charge in [0.15, 0.2) is 0 Å². The summed E-state index contributed by atoms with van der Waals surface area (Å²) in [5, 5.41) is 6.72. The number of rotatable bonds is 3. The lowest BCUT2D eigenvalue weighted by molar-refractivity contribution is -0.137. The number of benzene rings is 1. The SMILES string of the molecule is CC(Nc1ccc(Cl)c(C(F)(F)F)c1)c1cnn(C)c1. The lowest BCUT2D eigenvalue weighted by Gasteiger charge is -2.16. The average Bonchev–Trinajstić information content (AvgIpc) is 2.77. The number of hydrogen-bond acceptors (Lipinski definition) is 2. The number of halogens is 4. The molecular weight excluding hydrogens is 291 g/mol. The van der Waals surface area contributed by atoms with Gasteiger partial charge in [0.05, 0.1) is 22.8 Å². The molecule has 1 aromatic carbocycles. The number of alkyl halides is 3. The van der Waals surface area contributed by atoms with E-state index in [1.165, 1.54) is 12.1 Å². The Hall–Kier alpha value is -1.69. The van der Waals surface area contributed by atoms with Crippen molar-refractivity contribution in [3.63, 3.8) is 0 Å². The van der Waals surface area contributed by atoms with Gasteiger partial charge in [-0.1, -0.05) is 11.6 Å². The van der Waals surface area contributed by atoms with Gasteiger partial charge in [-0.25, -0.2) is 0 Å². The largest absolute Gasteiger partial charge is 0.417 e. The Morgan fingerprint density at radius 1 is 1.35 bits per heavy atom. The second kappa shape index (κ2) is 5.36. The van der Waals surface area contributed by atoms with Crippen LogP contribution in [0.25, 0.3) is 0 Å². The Morgan fingerprint density at radius 2 is 2.05 bits per heavy atom. The first-order valence-corrected chi connectivity index (χ1v) is 6.27. The number of hydrogen-bond donors (Lipinski definition) is 1. The van der Waals surface area contributed by atoms with Crippen molar-refractivity contribution >= 4 is 17.3 Å². The van der Waals surface area contributed by atoms with E-state index < -0.39 is 11.7 Å². The molecule has 0 radical (unpaired) electrons. The van der Waals surface area contributed by atoms with Crippen LogP contribution in [0.1, 0.15) is 24.1 Å². The molecule has 0 aliphatic carbocycles. The molecule has 0 aliphatic heterocycles. The van der Waals surface area contributed by atoms with E-state index in [-0.39, 0.29) is 11.1 Å². The third-order valence-corrected chi connectivity index (χ3v) is 3.21. The fraction of sp³-hybridized carbons (Fsp3) is 0.308. The molecule has 0 spiro atoms. The first kappa shape index (κ1) is 14.7. The Kier molecular flexibility index (Phi) is 3.94. The fourth-order valence-electron chi connectivity index (χ4n) is 1.83. The van der Waals surface area contributed by atoms with Crippen LogP contribution in [0.2, 0.25) is 5.02 Å². The highest BCUT2D eigenvalue weighted by molar-refractivity contribution is 6.31. The van der Waals surface area contributed by atoms with Gasteiger partial charge < -0.3 is 5.32 Å². The summed E-state index contributed by atoms with van der Waals surface area (Å²) < 4.78 is 39.9. The summed E-state index contributed by atoms with van der Waals surface area (Å²) in [4.78, 5) is 0. The zero-order chi connectivity index (χ0) is 14.9. The molecule has 0 saturated heterocycles. The van der Waals surface area contributed by atoms with Crippen LogP contribution in [0.5, 0.6) is 0 Å². The summed E-state index contributed by atoms with van der Waals surface area (Å²) in [5.41, 5.74) is 0.400.